The molecule has 0 aliphatic rings. The number of Topliss-reactive ketones (excluding diaryl/α,β-unsaturated/α-hetero) is 1. The van der Waals surface area contributed by atoms with Crippen LogP contribution >= 0.6 is 11.7 Å². The van der Waals surface area contributed by atoms with E-state index in [1.807, 2.05) is 0 Å². The van der Waals surface area contributed by atoms with E-state index in [0.717, 1.165) is 11.7 Å². The summed E-state index contributed by atoms with van der Waals surface area (Å²) in [4.78, 5) is 26.1. The normalized spacial score (nSPS) is 12.3. The van der Waals surface area contributed by atoms with E-state index in [4.69, 9.17) is 4.74 Å². The number of carbonyl (C=O) groups excluding carboxylic acids is 2. The lowest BCUT2D eigenvalue weighted by Gasteiger charge is -2.17. The second kappa shape index (κ2) is 9.47. The number of rotatable bonds is 8. The first kappa shape index (κ1) is 22.6. The van der Waals surface area contributed by atoms with Crippen molar-refractivity contribution in [3.05, 3.63) is 83.9 Å². The first-order valence-electron chi connectivity index (χ1n) is 9.88. The maximum absolute atomic E-state index is 13.2. The fourth-order valence-electron chi connectivity index (χ4n) is 3.32. The number of ketones is 1. The molecule has 1 N–H and O–H groups in total. The van der Waals surface area contributed by atoms with Crippen LogP contribution in [0.25, 0.3) is 11.0 Å². The van der Waals surface area contributed by atoms with Gasteiger partial charge in [-0.25, -0.2) is 13.1 Å². The number of nitrogens with one attached hydrogen (secondary N) is 1. The summed E-state index contributed by atoms with van der Waals surface area (Å²) in [5.41, 5.74) is 2.08. The van der Waals surface area contributed by atoms with E-state index in [-0.39, 0.29) is 17.1 Å². The molecule has 0 saturated heterocycles. The van der Waals surface area contributed by atoms with Crippen molar-refractivity contribution in [1.29, 1.82) is 0 Å². The largest absolute Gasteiger partial charge is 0.497 e. The number of nitrogens with zero attached hydrogens (tertiary/aromatic N) is 2. The first-order chi connectivity index (χ1) is 15.9. The lowest BCUT2D eigenvalue weighted by atomic mass is 9.90. The van der Waals surface area contributed by atoms with Gasteiger partial charge in [0.05, 0.1) is 29.7 Å². The summed E-state index contributed by atoms with van der Waals surface area (Å²) in [5.74, 6) is -1.57. The quantitative estimate of drug-likeness (QED) is 0.383. The van der Waals surface area contributed by atoms with E-state index in [2.05, 4.69) is 13.5 Å². The highest BCUT2D eigenvalue weighted by Gasteiger charge is 2.29. The van der Waals surface area contributed by atoms with Crippen molar-refractivity contribution in [2.24, 2.45) is 0 Å². The number of amides is 1. The molecule has 8 nitrogen and oxygen atoms in total. The zero-order chi connectivity index (χ0) is 23.4. The van der Waals surface area contributed by atoms with Gasteiger partial charge < -0.3 is 4.74 Å². The molecule has 1 amide bonds. The molecule has 3 aromatic carbocycles. The van der Waals surface area contributed by atoms with Crippen LogP contribution in [0.5, 0.6) is 5.75 Å². The third kappa shape index (κ3) is 5.07. The highest BCUT2D eigenvalue weighted by molar-refractivity contribution is 7.90. The Balaban J connectivity index is 1.65. The molecule has 0 saturated carbocycles. The Morgan fingerprint density at radius 2 is 1.67 bits per heavy atom. The van der Waals surface area contributed by atoms with Crippen LogP contribution in [-0.4, -0.2) is 36.0 Å². The lowest BCUT2D eigenvalue weighted by Crippen LogP contribution is -2.35. The monoisotopic (exact) mass is 481 g/mol. The predicted octanol–water partition coefficient (Wildman–Crippen LogP) is 3.56. The molecule has 4 aromatic rings. The summed E-state index contributed by atoms with van der Waals surface area (Å²) in [6.45, 7) is 0. The summed E-state index contributed by atoms with van der Waals surface area (Å²) in [7, 11) is -2.59. The van der Waals surface area contributed by atoms with Gasteiger partial charge in [-0.2, -0.15) is 8.75 Å². The first-order valence-corrected chi connectivity index (χ1v) is 12.1. The van der Waals surface area contributed by atoms with Gasteiger partial charge in [0.15, 0.2) is 5.78 Å². The fraction of sp³-hybridized carbons (Fsp3) is 0.130. The van der Waals surface area contributed by atoms with E-state index in [1.54, 1.807) is 60.7 Å². The topological polar surface area (TPSA) is 115 Å². The summed E-state index contributed by atoms with van der Waals surface area (Å²) in [6, 6.07) is 19.1. The molecule has 1 heterocycles. The Labute approximate surface area is 194 Å². The van der Waals surface area contributed by atoms with Gasteiger partial charge >= 0.3 is 0 Å². The second-order valence-electron chi connectivity index (χ2n) is 7.20. The van der Waals surface area contributed by atoms with Crippen molar-refractivity contribution in [2.45, 2.75) is 17.2 Å². The van der Waals surface area contributed by atoms with Crippen LogP contribution in [0.3, 0.4) is 0 Å². The van der Waals surface area contributed by atoms with Gasteiger partial charge in [-0.3, -0.25) is 9.59 Å². The van der Waals surface area contributed by atoms with E-state index in [0.29, 0.717) is 27.9 Å². The molecule has 1 unspecified atom stereocenters. The zero-order valence-electron chi connectivity index (χ0n) is 17.5. The number of hydrogen-bond donors (Lipinski definition) is 1. The average Bonchev–Trinajstić information content (AvgIpc) is 3.30. The maximum Gasteiger partial charge on any atom is 0.264 e. The predicted molar refractivity (Wildman–Crippen MR) is 124 cm³/mol. The summed E-state index contributed by atoms with van der Waals surface area (Å²) >= 11 is 1.03. The molecular formula is C23H19N3O5S2. The maximum atomic E-state index is 13.2. The van der Waals surface area contributed by atoms with Crippen LogP contribution in [0.4, 0.5) is 0 Å². The molecule has 0 aliphatic carbocycles. The van der Waals surface area contributed by atoms with Crippen molar-refractivity contribution in [3.63, 3.8) is 0 Å². The Morgan fingerprint density at radius 3 is 2.36 bits per heavy atom. The lowest BCUT2D eigenvalue weighted by molar-refractivity contribution is -0.120. The molecule has 0 fully saturated rings. The van der Waals surface area contributed by atoms with Crippen LogP contribution in [0.2, 0.25) is 0 Å². The average molecular weight is 482 g/mol. The minimum absolute atomic E-state index is 0.0438. The molecule has 168 valence electrons. The van der Waals surface area contributed by atoms with Crippen LogP contribution in [0, 0.1) is 0 Å². The molecular weight excluding hydrogens is 462 g/mol. The Morgan fingerprint density at radius 1 is 0.970 bits per heavy atom. The Hall–Kier alpha value is -3.63. The van der Waals surface area contributed by atoms with Gasteiger partial charge in [0.2, 0.25) is 5.91 Å². The SMILES string of the molecule is COc1ccc(C(=O)CC(C(=O)NS(=O)(=O)c2ccccc2)c2ccc3nsnc3c2)cc1. The summed E-state index contributed by atoms with van der Waals surface area (Å²) in [6.07, 6.45) is -0.231. The van der Waals surface area contributed by atoms with Crippen LogP contribution in [0.15, 0.2) is 77.7 Å². The van der Waals surface area contributed by atoms with Gasteiger partial charge in [0.25, 0.3) is 10.0 Å². The van der Waals surface area contributed by atoms with Crippen molar-refractivity contribution in [3.8, 4) is 5.75 Å². The van der Waals surface area contributed by atoms with Crippen molar-refractivity contribution >= 4 is 44.5 Å². The van der Waals surface area contributed by atoms with Crippen molar-refractivity contribution in [2.75, 3.05) is 7.11 Å². The number of benzene rings is 3. The fourth-order valence-corrected chi connectivity index (χ4v) is 4.88. The molecule has 4 rings (SSSR count). The van der Waals surface area contributed by atoms with E-state index in [1.165, 1.54) is 19.2 Å². The minimum Gasteiger partial charge on any atom is -0.497 e. The minimum atomic E-state index is -4.11. The highest BCUT2D eigenvalue weighted by Crippen LogP contribution is 2.27. The molecule has 33 heavy (non-hydrogen) atoms. The number of fused-ring (bicyclic) bond motifs is 1. The molecule has 10 heteroatoms. The summed E-state index contributed by atoms with van der Waals surface area (Å²) < 4.78 is 41.0. The van der Waals surface area contributed by atoms with Crippen LogP contribution in [0.1, 0.15) is 28.3 Å². The Bertz CT molecular complexity index is 1400. The smallest absolute Gasteiger partial charge is 0.264 e. The number of methoxy groups -OCH3 is 1. The number of aromatic nitrogens is 2. The highest BCUT2D eigenvalue weighted by atomic mass is 32.2. The molecule has 0 radical (unpaired) electrons. The van der Waals surface area contributed by atoms with Gasteiger partial charge in [-0.05, 0) is 54.1 Å². The third-order valence-corrected chi connectivity index (χ3v) is 7.01. The van der Waals surface area contributed by atoms with Crippen molar-refractivity contribution in [1.82, 2.24) is 13.5 Å². The van der Waals surface area contributed by atoms with Gasteiger partial charge in [0, 0.05) is 12.0 Å². The number of carbonyl (C=O) groups is 2. The van der Waals surface area contributed by atoms with Crippen LogP contribution < -0.4 is 9.46 Å². The molecule has 1 atom stereocenters. The molecule has 0 spiro atoms. The van der Waals surface area contributed by atoms with Crippen LogP contribution in [-0.2, 0) is 14.8 Å². The standard InChI is InChI=1S/C23H19N3O5S2/c1-31-17-10-7-15(8-11-17)22(27)14-19(16-9-12-20-21(13-16)25-32-24-20)23(28)26-33(29,30)18-5-3-2-4-6-18/h2-13,19H,14H2,1H3,(H,26,28). The second-order valence-corrected chi connectivity index (χ2v) is 9.41. The molecule has 0 aliphatic heterocycles. The number of sulfonamides is 1. The Kier molecular flexibility index (Phi) is 6.47. The van der Waals surface area contributed by atoms with Gasteiger partial charge in [0.1, 0.15) is 16.8 Å². The van der Waals surface area contributed by atoms with Crippen molar-refractivity contribution < 1.29 is 22.7 Å². The van der Waals surface area contributed by atoms with E-state index < -0.39 is 21.8 Å². The summed E-state index contributed by atoms with van der Waals surface area (Å²) in [5, 5.41) is 0. The van der Waals surface area contributed by atoms with Gasteiger partial charge in [-0.1, -0.05) is 24.3 Å². The van der Waals surface area contributed by atoms with E-state index >= 15 is 0 Å². The van der Waals surface area contributed by atoms with E-state index in [9.17, 15) is 18.0 Å². The number of ether oxygens (including phenoxy) is 1. The number of hydrogen-bond acceptors (Lipinski definition) is 8. The van der Waals surface area contributed by atoms with Gasteiger partial charge in [-0.15, -0.1) is 0 Å². The third-order valence-electron chi connectivity index (χ3n) is 5.09. The molecule has 0 bridgehead atoms. The zero-order valence-corrected chi connectivity index (χ0v) is 19.1. The molecule has 1 aromatic heterocycles.